The molecule has 0 radical (unpaired) electrons. The minimum atomic E-state index is -0.464. The van der Waals surface area contributed by atoms with Gasteiger partial charge in [-0.3, -0.25) is 0 Å². The van der Waals surface area contributed by atoms with Crippen molar-refractivity contribution in [2.45, 2.75) is 116 Å². The molecule has 0 bridgehead atoms. The van der Waals surface area contributed by atoms with E-state index in [4.69, 9.17) is 11.2 Å². The third-order valence-corrected chi connectivity index (χ3v) is 9.43. The van der Waals surface area contributed by atoms with Crippen molar-refractivity contribution in [1.82, 2.24) is 0 Å². The normalized spacial score (nSPS) is 12.1. The molecule has 0 amide bonds. The van der Waals surface area contributed by atoms with E-state index in [-0.39, 0.29) is 0 Å². The average molecular weight is 503 g/mol. The van der Waals surface area contributed by atoms with Gasteiger partial charge in [0.25, 0.3) is 0 Å². The first-order valence-electron chi connectivity index (χ1n) is 14.0. The number of phenolic OH excluding ortho intramolecular Hbond substituents is 1. The van der Waals surface area contributed by atoms with E-state index in [1.54, 1.807) is 6.07 Å². The quantitative estimate of drug-likeness (QED) is 0.133. The van der Waals surface area contributed by atoms with Gasteiger partial charge >= 0.3 is 0 Å². The molecule has 0 fully saturated rings. The summed E-state index contributed by atoms with van der Waals surface area (Å²) in [6, 6.07) is 18.3. The molecular formula is C31H48ClOP. The van der Waals surface area contributed by atoms with E-state index in [0.29, 0.717) is 5.75 Å². The van der Waals surface area contributed by atoms with Crippen LogP contribution >= 0.6 is 18.5 Å². The monoisotopic (exact) mass is 502 g/mol. The Hall–Kier alpha value is -1.04. The van der Waals surface area contributed by atoms with Crippen molar-refractivity contribution >= 4 is 23.8 Å². The van der Waals surface area contributed by atoms with Crippen LogP contribution in [0.15, 0.2) is 54.6 Å². The van der Waals surface area contributed by atoms with Crippen molar-refractivity contribution in [2.75, 3.05) is 6.16 Å². The number of benzene rings is 2. The van der Waals surface area contributed by atoms with E-state index in [1.807, 2.05) is 12.1 Å². The van der Waals surface area contributed by atoms with Crippen LogP contribution in [0.5, 0.6) is 5.75 Å². The SMILES string of the molecule is Oc1cccc(CCCCCCCCCCCCCCCCCCCP(Cl)c2ccccc2)c1. The Bertz CT molecular complexity index is 720. The largest absolute Gasteiger partial charge is 0.508 e. The van der Waals surface area contributed by atoms with E-state index >= 15 is 0 Å². The summed E-state index contributed by atoms with van der Waals surface area (Å²) in [5, 5.41) is 10.8. The number of rotatable bonds is 21. The van der Waals surface area contributed by atoms with Gasteiger partial charge in [0, 0.05) is 7.27 Å². The van der Waals surface area contributed by atoms with Crippen molar-refractivity contribution in [3.8, 4) is 5.75 Å². The minimum absolute atomic E-state index is 0.393. The fourth-order valence-corrected chi connectivity index (χ4v) is 6.61. The van der Waals surface area contributed by atoms with Gasteiger partial charge in [-0.2, -0.15) is 0 Å². The maximum atomic E-state index is 9.50. The second kappa shape index (κ2) is 20.2. The Kier molecular flexibility index (Phi) is 17.3. The first-order valence-corrected chi connectivity index (χ1v) is 16.4. The third-order valence-electron chi connectivity index (χ3n) is 6.77. The van der Waals surface area contributed by atoms with E-state index < -0.39 is 7.27 Å². The lowest BCUT2D eigenvalue weighted by atomic mass is 10.0. The number of aryl methyl sites for hydroxylation is 1. The van der Waals surface area contributed by atoms with E-state index in [0.717, 1.165) is 6.42 Å². The molecular weight excluding hydrogens is 455 g/mol. The molecule has 34 heavy (non-hydrogen) atoms. The van der Waals surface area contributed by atoms with Crippen LogP contribution in [0.4, 0.5) is 0 Å². The number of aromatic hydroxyl groups is 1. The van der Waals surface area contributed by atoms with Crippen molar-refractivity contribution < 1.29 is 5.11 Å². The van der Waals surface area contributed by atoms with Gasteiger partial charge < -0.3 is 5.11 Å². The van der Waals surface area contributed by atoms with Gasteiger partial charge in [-0.25, -0.2) is 0 Å². The number of phenols is 1. The highest BCUT2D eigenvalue weighted by atomic mass is 35.7. The van der Waals surface area contributed by atoms with Gasteiger partial charge in [-0.05, 0) is 48.4 Å². The molecule has 1 nitrogen and oxygen atoms in total. The Morgan fingerprint density at radius 3 is 1.50 bits per heavy atom. The lowest BCUT2D eigenvalue weighted by Crippen LogP contribution is -1.98. The lowest BCUT2D eigenvalue weighted by molar-refractivity contribution is 0.474. The van der Waals surface area contributed by atoms with E-state index in [2.05, 4.69) is 36.4 Å². The smallest absolute Gasteiger partial charge is 0.115 e. The standard InChI is InChI=1S/C31H48ClOP/c32-34(31-25-18-16-19-26-31)27-20-15-13-11-9-7-5-3-1-2-4-6-8-10-12-14-17-22-29-23-21-24-30(33)28-29/h16,18-19,21,23-26,28,33H,1-15,17,20,22,27H2. The van der Waals surface area contributed by atoms with Crippen molar-refractivity contribution in [3.05, 3.63) is 60.2 Å². The summed E-state index contributed by atoms with van der Waals surface area (Å²) in [6.45, 7) is 0. The average Bonchev–Trinajstić information content (AvgIpc) is 2.86. The Morgan fingerprint density at radius 2 is 1.00 bits per heavy atom. The minimum Gasteiger partial charge on any atom is -0.508 e. The Balaban J connectivity index is 1.24. The highest BCUT2D eigenvalue weighted by Gasteiger charge is 2.06. The van der Waals surface area contributed by atoms with E-state index in [9.17, 15) is 5.11 Å². The second-order valence-electron chi connectivity index (χ2n) is 9.85. The summed E-state index contributed by atoms with van der Waals surface area (Å²) in [5.74, 6) is 0.393. The number of hydrogen-bond acceptors (Lipinski definition) is 1. The molecule has 0 aliphatic carbocycles. The molecule has 2 rings (SSSR count). The lowest BCUT2D eigenvalue weighted by Gasteiger charge is -2.09. The van der Waals surface area contributed by atoms with Crippen LogP contribution in [-0.2, 0) is 6.42 Å². The van der Waals surface area contributed by atoms with Crippen LogP contribution in [0.25, 0.3) is 0 Å². The molecule has 0 aliphatic heterocycles. The summed E-state index contributed by atoms with van der Waals surface area (Å²) in [4.78, 5) is 0. The van der Waals surface area contributed by atoms with Crippen LogP contribution in [0.1, 0.15) is 115 Å². The maximum absolute atomic E-state index is 9.50. The zero-order chi connectivity index (χ0) is 24.1. The Labute approximate surface area is 216 Å². The second-order valence-corrected chi connectivity index (χ2v) is 12.8. The first kappa shape index (κ1) is 29.2. The van der Waals surface area contributed by atoms with Crippen LogP contribution in [0.2, 0.25) is 0 Å². The van der Waals surface area contributed by atoms with Gasteiger partial charge in [-0.1, -0.05) is 150 Å². The van der Waals surface area contributed by atoms with E-state index in [1.165, 1.54) is 126 Å². The van der Waals surface area contributed by atoms with Crippen LogP contribution in [0, 0.1) is 0 Å². The third kappa shape index (κ3) is 15.1. The molecule has 2 aromatic carbocycles. The summed E-state index contributed by atoms with van der Waals surface area (Å²) in [5.41, 5.74) is 1.26. The summed E-state index contributed by atoms with van der Waals surface area (Å²) < 4.78 is 0. The molecule has 3 heteroatoms. The van der Waals surface area contributed by atoms with Crippen LogP contribution < -0.4 is 5.30 Å². The maximum Gasteiger partial charge on any atom is 0.115 e. The predicted molar refractivity (Wildman–Crippen MR) is 154 cm³/mol. The highest BCUT2D eigenvalue weighted by molar-refractivity contribution is 7.89. The Morgan fingerprint density at radius 1 is 0.529 bits per heavy atom. The van der Waals surface area contributed by atoms with Crippen molar-refractivity contribution in [1.29, 1.82) is 0 Å². The zero-order valence-corrected chi connectivity index (χ0v) is 23.1. The predicted octanol–water partition coefficient (Wildman–Crippen LogP) is 10.5. The molecule has 0 aliphatic rings. The van der Waals surface area contributed by atoms with Crippen LogP contribution in [-0.4, -0.2) is 11.3 Å². The molecule has 0 saturated carbocycles. The first-order chi connectivity index (χ1) is 16.8. The highest BCUT2D eigenvalue weighted by Crippen LogP contribution is 2.40. The van der Waals surface area contributed by atoms with Crippen molar-refractivity contribution in [3.63, 3.8) is 0 Å². The van der Waals surface area contributed by atoms with Gasteiger partial charge in [-0.15, -0.1) is 0 Å². The molecule has 0 aromatic heterocycles. The molecule has 0 heterocycles. The molecule has 190 valence electrons. The molecule has 0 saturated heterocycles. The molecule has 1 N–H and O–H groups in total. The fourth-order valence-electron chi connectivity index (χ4n) is 4.66. The van der Waals surface area contributed by atoms with Crippen LogP contribution in [0.3, 0.4) is 0 Å². The van der Waals surface area contributed by atoms with Gasteiger partial charge in [0.2, 0.25) is 0 Å². The van der Waals surface area contributed by atoms with Gasteiger partial charge in [0.15, 0.2) is 0 Å². The summed E-state index contributed by atoms with van der Waals surface area (Å²) >= 11 is 6.56. The fraction of sp³-hybridized carbons (Fsp3) is 0.613. The number of halogens is 1. The van der Waals surface area contributed by atoms with Gasteiger partial charge in [0.1, 0.15) is 5.75 Å². The molecule has 1 unspecified atom stereocenters. The zero-order valence-electron chi connectivity index (χ0n) is 21.4. The summed E-state index contributed by atoms with van der Waals surface area (Å²) in [6.07, 6.45) is 25.8. The summed E-state index contributed by atoms with van der Waals surface area (Å²) in [7, 11) is -0.464. The molecule has 1 atom stereocenters. The number of hydrogen-bond donors (Lipinski definition) is 1. The topological polar surface area (TPSA) is 20.2 Å². The number of unbranched alkanes of at least 4 members (excludes halogenated alkanes) is 16. The van der Waals surface area contributed by atoms with Gasteiger partial charge in [0.05, 0.1) is 0 Å². The van der Waals surface area contributed by atoms with Crippen molar-refractivity contribution in [2.24, 2.45) is 0 Å². The molecule has 2 aromatic rings. The molecule has 0 spiro atoms.